The highest BCUT2D eigenvalue weighted by Crippen LogP contribution is 2.39. The van der Waals surface area contributed by atoms with Crippen molar-refractivity contribution in [2.45, 2.75) is 13.3 Å². The van der Waals surface area contributed by atoms with E-state index in [-0.39, 0.29) is 39.5 Å². The monoisotopic (exact) mass is 376 g/mol. The number of halogens is 2. The molecule has 7 N–H and O–H groups in total. The van der Waals surface area contributed by atoms with Crippen molar-refractivity contribution in [3.8, 4) is 16.9 Å². The number of rotatable bonds is 6. The Morgan fingerprint density at radius 3 is 2.52 bits per heavy atom. The Morgan fingerprint density at radius 1 is 1.19 bits per heavy atom. The molecule has 1 amide bonds. The number of hydrogen-bond donors (Lipinski definition) is 4. The SMILES string of the molecule is CCCNC(=O)/C(N)=C(\N)c1ccc(F)c(-c2cc(F)ccc2OC)c1N. The molecule has 0 aliphatic rings. The molecule has 0 radical (unpaired) electrons. The maximum Gasteiger partial charge on any atom is 0.269 e. The topological polar surface area (TPSA) is 116 Å². The maximum atomic E-state index is 14.5. The molecule has 0 spiro atoms. The van der Waals surface area contributed by atoms with E-state index in [0.29, 0.717) is 6.54 Å². The van der Waals surface area contributed by atoms with Crippen LogP contribution in [0.3, 0.4) is 0 Å². The van der Waals surface area contributed by atoms with Gasteiger partial charge in [0.2, 0.25) is 0 Å². The van der Waals surface area contributed by atoms with Crippen LogP contribution >= 0.6 is 0 Å². The molecule has 0 aromatic heterocycles. The predicted molar refractivity (Wildman–Crippen MR) is 101 cm³/mol. The highest BCUT2D eigenvalue weighted by atomic mass is 19.1. The van der Waals surface area contributed by atoms with Gasteiger partial charge >= 0.3 is 0 Å². The normalized spacial score (nSPS) is 11.7. The van der Waals surface area contributed by atoms with Gasteiger partial charge in [-0.3, -0.25) is 4.79 Å². The number of methoxy groups -OCH3 is 1. The molecular weight excluding hydrogens is 354 g/mol. The minimum absolute atomic E-state index is 0.0809. The van der Waals surface area contributed by atoms with Crippen molar-refractivity contribution in [3.05, 3.63) is 53.2 Å². The van der Waals surface area contributed by atoms with Crippen molar-refractivity contribution in [1.82, 2.24) is 5.32 Å². The second-order valence-electron chi connectivity index (χ2n) is 5.81. The van der Waals surface area contributed by atoms with E-state index in [4.69, 9.17) is 21.9 Å². The van der Waals surface area contributed by atoms with Gasteiger partial charge in [0.15, 0.2) is 0 Å². The summed E-state index contributed by atoms with van der Waals surface area (Å²) in [5, 5.41) is 2.60. The third-order valence-electron chi connectivity index (χ3n) is 3.99. The molecule has 0 aliphatic carbocycles. The molecule has 0 aliphatic heterocycles. The first-order chi connectivity index (χ1) is 12.8. The first-order valence-corrected chi connectivity index (χ1v) is 8.27. The van der Waals surface area contributed by atoms with E-state index in [1.807, 2.05) is 6.92 Å². The third kappa shape index (κ3) is 4.11. The largest absolute Gasteiger partial charge is 0.496 e. The number of nitrogens with two attached hydrogens (primary N) is 3. The van der Waals surface area contributed by atoms with Crippen molar-refractivity contribution in [2.75, 3.05) is 19.4 Å². The predicted octanol–water partition coefficient (Wildman–Crippen LogP) is 2.33. The van der Waals surface area contributed by atoms with Gasteiger partial charge in [-0.2, -0.15) is 0 Å². The molecule has 0 unspecified atom stereocenters. The molecule has 0 bridgehead atoms. The maximum absolute atomic E-state index is 14.5. The van der Waals surface area contributed by atoms with Crippen LogP contribution in [0.1, 0.15) is 18.9 Å². The van der Waals surface area contributed by atoms with Gasteiger partial charge in [-0.15, -0.1) is 0 Å². The van der Waals surface area contributed by atoms with Crippen LogP contribution in [0.2, 0.25) is 0 Å². The zero-order valence-electron chi connectivity index (χ0n) is 15.1. The molecule has 0 saturated carbocycles. The summed E-state index contributed by atoms with van der Waals surface area (Å²) in [6.45, 7) is 2.32. The Balaban J connectivity index is 2.63. The number of hydrogen-bond acceptors (Lipinski definition) is 5. The Bertz CT molecular complexity index is 898. The van der Waals surface area contributed by atoms with Crippen molar-refractivity contribution < 1.29 is 18.3 Å². The summed E-state index contributed by atoms with van der Waals surface area (Å²) in [6.07, 6.45) is 0.723. The Kier molecular flexibility index (Phi) is 6.23. The van der Waals surface area contributed by atoms with Crippen LogP contribution in [0.15, 0.2) is 36.0 Å². The molecule has 144 valence electrons. The first kappa shape index (κ1) is 20.0. The smallest absolute Gasteiger partial charge is 0.269 e. The zero-order chi connectivity index (χ0) is 20.1. The van der Waals surface area contributed by atoms with Gasteiger partial charge in [-0.05, 0) is 36.8 Å². The minimum Gasteiger partial charge on any atom is -0.496 e. The van der Waals surface area contributed by atoms with E-state index in [1.54, 1.807) is 0 Å². The average Bonchev–Trinajstić information content (AvgIpc) is 2.65. The number of nitrogen functional groups attached to an aromatic ring is 1. The lowest BCUT2D eigenvalue weighted by Crippen LogP contribution is -2.31. The summed E-state index contributed by atoms with van der Waals surface area (Å²) in [5.41, 5.74) is 17.7. The molecule has 2 aromatic carbocycles. The second-order valence-corrected chi connectivity index (χ2v) is 5.81. The number of benzene rings is 2. The van der Waals surface area contributed by atoms with Gasteiger partial charge < -0.3 is 27.3 Å². The summed E-state index contributed by atoms with van der Waals surface area (Å²) >= 11 is 0. The summed E-state index contributed by atoms with van der Waals surface area (Å²) in [5.74, 6) is -1.60. The van der Waals surface area contributed by atoms with Gasteiger partial charge in [0, 0.05) is 23.2 Å². The molecule has 2 rings (SSSR count). The number of nitrogens with one attached hydrogen (secondary N) is 1. The highest BCUT2D eigenvalue weighted by molar-refractivity contribution is 6.01. The Labute approximate surface area is 156 Å². The average molecular weight is 376 g/mol. The number of amides is 1. The van der Waals surface area contributed by atoms with Crippen LogP contribution in [0.5, 0.6) is 5.75 Å². The Hall–Kier alpha value is -3.29. The molecule has 2 aromatic rings. The first-order valence-electron chi connectivity index (χ1n) is 8.27. The van der Waals surface area contributed by atoms with Crippen molar-refractivity contribution >= 4 is 17.3 Å². The molecule has 8 heteroatoms. The zero-order valence-corrected chi connectivity index (χ0v) is 15.1. The van der Waals surface area contributed by atoms with Crippen LogP contribution in [0.25, 0.3) is 16.8 Å². The van der Waals surface area contributed by atoms with Gasteiger partial charge in [-0.25, -0.2) is 8.78 Å². The minimum atomic E-state index is -0.693. The van der Waals surface area contributed by atoms with E-state index >= 15 is 0 Å². The fourth-order valence-electron chi connectivity index (χ4n) is 2.58. The fourth-order valence-corrected chi connectivity index (χ4v) is 2.58. The van der Waals surface area contributed by atoms with Crippen LogP contribution < -0.4 is 27.3 Å². The van der Waals surface area contributed by atoms with Gasteiger partial charge in [0.25, 0.3) is 5.91 Å². The highest BCUT2D eigenvalue weighted by Gasteiger charge is 2.20. The summed E-state index contributed by atoms with van der Waals surface area (Å²) in [7, 11) is 1.37. The number of carbonyl (C=O) groups is 1. The fraction of sp³-hybridized carbons (Fsp3) is 0.211. The Morgan fingerprint density at radius 2 is 1.89 bits per heavy atom. The standard InChI is InChI=1S/C19H22F2N4O2/c1-3-8-25-19(26)18(24)17(23)11-5-6-13(21)15(16(11)22)12-9-10(20)4-7-14(12)27-2/h4-7,9H,3,8,22-24H2,1-2H3,(H,25,26)/b18-17+. The molecule has 0 fully saturated rings. The number of carbonyl (C=O) groups excluding carboxylic acids is 1. The van der Waals surface area contributed by atoms with Crippen LogP contribution in [0, 0.1) is 11.6 Å². The second kappa shape index (κ2) is 8.39. The van der Waals surface area contributed by atoms with E-state index in [1.165, 1.54) is 25.3 Å². The molecule has 0 atom stereocenters. The third-order valence-corrected chi connectivity index (χ3v) is 3.99. The van der Waals surface area contributed by atoms with Gasteiger partial charge in [0.05, 0.1) is 18.5 Å². The molecule has 27 heavy (non-hydrogen) atoms. The van der Waals surface area contributed by atoms with Crippen LogP contribution in [-0.2, 0) is 4.79 Å². The lowest BCUT2D eigenvalue weighted by atomic mass is 9.96. The van der Waals surface area contributed by atoms with E-state index in [2.05, 4.69) is 5.32 Å². The van der Waals surface area contributed by atoms with Crippen molar-refractivity contribution in [2.24, 2.45) is 11.5 Å². The van der Waals surface area contributed by atoms with Gasteiger partial charge in [-0.1, -0.05) is 6.92 Å². The summed E-state index contributed by atoms with van der Waals surface area (Å²) < 4.78 is 33.4. The molecule has 6 nitrogen and oxygen atoms in total. The number of ether oxygens (including phenoxy) is 1. The lowest BCUT2D eigenvalue weighted by molar-refractivity contribution is -0.117. The van der Waals surface area contributed by atoms with Crippen LogP contribution in [-0.4, -0.2) is 19.6 Å². The summed E-state index contributed by atoms with van der Waals surface area (Å²) in [4.78, 5) is 12.0. The summed E-state index contributed by atoms with van der Waals surface area (Å²) in [6, 6.07) is 6.09. The van der Waals surface area contributed by atoms with Gasteiger partial charge in [0.1, 0.15) is 23.1 Å². The van der Waals surface area contributed by atoms with Crippen molar-refractivity contribution in [3.63, 3.8) is 0 Å². The molecule has 0 heterocycles. The lowest BCUT2D eigenvalue weighted by Gasteiger charge is -2.16. The molecular formula is C19H22F2N4O2. The molecule has 0 saturated heterocycles. The van der Waals surface area contributed by atoms with E-state index < -0.39 is 17.5 Å². The van der Waals surface area contributed by atoms with E-state index in [9.17, 15) is 13.6 Å². The van der Waals surface area contributed by atoms with Crippen LogP contribution in [0.4, 0.5) is 14.5 Å². The van der Waals surface area contributed by atoms with E-state index in [0.717, 1.165) is 18.6 Å². The number of anilines is 1. The van der Waals surface area contributed by atoms with Crippen molar-refractivity contribution in [1.29, 1.82) is 0 Å². The quantitative estimate of drug-likeness (QED) is 0.456.